The Morgan fingerprint density at radius 3 is 2.46 bits per heavy atom. The Morgan fingerprint density at radius 2 is 1.75 bits per heavy atom. The summed E-state index contributed by atoms with van der Waals surface area (Å²) in [6, 6.07) is 16.9. The number of halogens is 1. The number of para-hydroxylation sites is 1. The van der Waals surface area contributed by atoms with Crippen molar-refractivity contribution in [1.82, 2.24) is 10.6 Å². The summed E-state index contributed by atoms with van der Waals surface area (Å²) in [5, 5.41) is 9.62. The number of hydrogen-bond donors (Lipinski definition) is 3. The van der Waals surface area contributed by atoms with Gasteiger partial charge in [-0.05, 0) is 30.7 Å². The summed E-state index contributed by atoms with van der Waals surface area (Å²) in [5.74, 6) is 0.435. The van der Waals surface area contributed by atoms with Crippen LogP contribution in [0, 0.1) is 0 Å². The van der Waals surface area contributed by atoms with Gasteiger partial charge in [-0.2, -0.15) is 0 Å². The Balaban J connectivity index is 1.89. The summed E-state index contributed by atoms with van der Waals surface area (Å²) in [4.78, 5) is 16.4. The molecular weight excluding hydrogens is 324 g/mol. The molecule has 0 heterocycles. The number of amides is 1. The van der Waals surface area contributed by atoms with Crippen molar-refractivity contribution in [1.29, 1.82) is 0 Å². The topological polar surface area (TPSA) is 65.5 Å². The zero-order valence-corrected chi connectivity index (χ0v) is 14.3. The number of nitrogens with one attached hydrogen (secondary N) is 3. The van der Waals surface area contributed by atoms with Crippen molar-refractivity contribution in [3.05, 3.63) is 65.2 Å². The molecule has 0 spiro atoms. The third-order valence-corrected chi connectivity index (χ3v) is 3.55. The highest BCUT2D eigenvalue weighted by atomic mass is 35.5. The number of guanidine groups is 1. The first-order valence-electron chi connectivity index (χ1n) is 7.79. The lowest BCUT2D eigenvalue weighted by atomic mass is 10.2. The highest BCUT2D eigenvalue weighted by Gasteiger charge is 2.05. The zero-order valence-electron chi connectivity index (χ0n) is 13.6. The Morgan fingerprint density at radius 1 is 1.04 bits per heavy atom. The van der Waals surface area contributed by atoms with Crippen LogP contribution in [-0.4, -0.2) is 25.0 Å². The van der Waals surface area contributed by atoms with Gasteiger partial charge in [0, 0.05) is 17.3 Å². The van der Waals surface area contributed by atoms with Crippen LogP contribution in [0.15, 0.2) is 59.6 Å². The van der Waals surface area contributed by atoms with Gasteiger partial charge in [0.25, 0.3) is 0 Å². The van der Waals surface area contributed by atoms with Gasteiger partial charge < -0.3 is 16.0 Å². The lowest BCUT2D eigenvalue weighted by Crippen LogP contribution is -2.41. The van der Waals surface area contributed by atoms with Crippen molar-refractivity contribution >= 4 is 29.2 Å². The molecule has 6 heteroatoms. The molecule has 0 saturated carbocycles. The molecule has 2 aromatic carbocycles. The molecule has 2 rings (SSSR count). The molecular formula is C18H21ClN4O. The van der Waals surface area contributed by atoms with Crippen molar-refractivity contribution < 1.29 is 4.79 Å². The molecule has 0 aliphatic heterocycles. The van der Waals surface area contributed by atoms with Crippen LogP contribution in [0.1, 0.15) is 12.5 Å². The average Bonchev–Trinajstić information content (AvgIpc) is 2.59. The van der Waals surface area contributed by atoms with Crippen LogP contribution in [0.2, 0.25) is 5.02 Å². The second-order valence-electron chi connectivity index (χ2n) is 5.05. The predicted octanol–water partition coefficient (Wildman–Crippen LogP) is 3.03. The van der Waals surface area contributed by atoms with Gasteiger partial charge in [0.15, 0.2) is 5.96 Å². The molecule has 3 N–H and O–H groups in total. The number of rotatable bonds is 6. The molecule has 0 atom stereocenters. The van der Waals surface area contributed by atoms with Crippen molar-refractivity contribution in [3.8, 4) is 0 Å². The molecule has 2 aromatic rings. The first-order chi connectivity index (χ1) is 11.7. The number of anilines is 1. The van der Waals surface area contributed by atoms with Gasteiger partial charge in [0.05, 0.1) is 13.1 Å². The lowest BCUT2D eigenvalue weighted by Gasteiger charge is -2.12. The Kier molecular flexibility index (Phi) is 7.11. The number of benzene rings is 2. The second kappa shape index (κ2) is 9.57. The maximum absolute atomic E-state index is 12.0. The number of carbonyl (C=O) groups is 1. The fourth-order valence-corrected chi connectivity index (χ4v) is 2.22. The van der Waals surface area contributed by atoms with E-state index in [1.807, 2.05) is 61.5 Å². The summed E-state index contributed by atoms with van der Waals surface area (Å²) >= 11 is 6.13. The van der Waals surface area contributed by atoms with E-state index in [4.69, 9.17) is 11.6 Å². The molecule has 0 aliphatic rings. The molecule has 0 unspecified atom stereocenters. The molecule has 0 radical (unpaired) electrons. The van der Waals surface area contributed by atoms with Crippen molar-refractivity contribution in [2.24, 2.45) is 4.99 Å². The van der Waals surface area contributed by atoms with Crippen LogP contribution in [0.5, 0.6) is 0 Å². The normalized spacial score (nSPS) is 11.0. The van der Waals surface area contributed by atoms with Crippen LogP contribution >= 0.6 is 11.6 Å². The second-order valence-corrected chi connectivity index (χ2v) is 5.46. The minimum atomic E-state index is -0.135. The standard InChI is InChI=1S/C18H21ClN4O/c1-2-20-18(21-12-14-8-6-7-11-16(14)19)22-13-17(24)23-15-9-4-3-5-10-15/h3-11H,2,12-13H2,1H3,(H,23,24)(H2,20,21,22). The van der Waals surface area contributed by atoms with Crippen LogP contribution in [-0.2, 0) is 11.3 Å². The van der Waals surface area contributed by atoms with E-state index >= 15 is 0 Å². The van der Waals surface area contributed by atoms with E-state index in [0.29, 0.717) is 24.1 Å². The molecule has 0 bridgehead atoms. The van der Waals surface area contributed by atoms with E-state index in [1.54, 1.807) is 0 Å². The van der Waals surface area contributed by atoms with Gasteiger partial charge in [-0.15, -0.1) is 0 Å². The van der Waals surface area contributed by atoms with Gasteiger partial charge in [-0.3, -0.25) is 4.79 Å². The molecule has 0 aliphatic carbocycles. The van der Waals surface area contributed by atoms with Crippen LogP contribution in [0.3, 0.4) is 0 Å². The Labute approximate surface area is 147 Å². The number of nitrogens with zero attached hydrogens (tertiary/aromatic N) is 1. The third-order valence-electron chi connectivity index (χ3n) is 3.18. The molecule has 0 aromatic heterocycles. The molecule has 0 saturated heterocycles. The van der Waals surface area contributed by atoms with E-state index in [0.717, 1.165) is 11.3 Å². The van der Waals surface area contributed by atoms with Crippen LogP contribution in [0.25, 0.3) is 0 Å². The van der Waals surface area contributed by atoms with Gasteiger partial charge in [0.2, 0.25) is 5.91 Å². The number of hydrogen-bond acceptors (Lipinski definition) is 2. The molecule has 1 amide bonds. The van der Waals surface area contributed by atoms with Crippen molar-refractivity contribution in [3.63, 3.8) is 0 Å². The maximum atomic E-state index is 12.0. The third kappa shape index (κ3) is 5.93. The molecule has 0 fully saturated rings. The monoisotopic (exact) mass is 344 g/mol. The molecule has 24 heavy (non-hydrogen) atoms. The van der Waals surface area contributed by atoms with Crippen molar-refractivity contribution in [2.75, 3.05) is 18.4 Å². The van der Waals surface area contributed by atoms with E-state index in [1.165, 1.54) is 0 Å². The molecule has 5 nitrogen and oxygen atoms in total. The lowest BCUT2D eigenvalue weighted by molar-refractivity contribution is -0.115. The van der Waals surface area contributed by atoms with E-state index in [2.05, 4.69) is 20.9 Å². The highest BCUT2D eigenvalue weighted by Crippen LogP contribution is 2.15. The van der Waals surface area contributed by atoms with Crippen molar-refractivity contribution in [2.45, 2.75) is 13.5 Å². The van der Waals surface area contributed by atoms with E-state index < -0.39 is 0 Å². The summed E-state index contributed by atoms with van der Waals surface area (Å²) in [6.45, 7) is 3.24. The summed E-state index contributed by atoms with van der Waals surface area (Å²) in [5.41, 5.74) is 1.70. The maximum Gasteiger partial charge on any atom is 0.243 e. The van der Waals surface area contributed by atoms with Gasteiger partial charge in [0.1, 0.15) is 0 Å². The zero-order chi connectivity index (χ0) is 17.2. The number of carbonyl (C=O) groups excluding carboxylic acids is 1. The average molecular weight is 345 g/mol. The minimum absolute atomic E-state index is 0.128. The van der Waals surface area contributed by atoms with E-state index in [9.17, 15) is 4.79 Å². The van der Waals surface area contributed by atoms with Crippen LogP contribution < -0.4 is 16.0 Å². The fraction of sp³-hybridized carbons (Fsp3) is 0.222. The smallest absolute Gasteiger partial charge is 0.243 e. The summed E-state index contributed by atoms with van der Waals surface area (Å²) < 4.78 is 0. The quantitative estimate of drug-likeness (QED) is 0.557. The fourth-order valence-electron chi connectivity index (χ4n) is 2.02. The van der Waals surface area contributed by atoms with Crippen LogP contribution in [0.4, 0.5) is 5.69 Å². The van der Waals surface area contributed by atoms with Gasteiger partial charge in [-0.1, -0.05) is 48.0 Å². The Bertz CT molecular complexity index is 688. The largest absolute Gasteiger partial charge is 0.357 e. The predicted molar refractivity (Wildman–Crippen MR) is 99.3 cm³/mol. The summed E-state index contributed by atoms with van der Waals surface area (Å²) in [7, 11) is 0. The SMILES string of the molecule is CCNC(=NCc1ccccc1Cl)NCC(=O)Nc1ccccc1. The van der Waals surface area contributed by atoms with E-state index in [-0.39, 0.29) is 12.5 Å². The molecule has 126 valence electrons. The van der Waals surface area contributed by atoms with Gasteiger partial charge >= 0.3 is 0 Å². The first-order valence-corrected chi connectivity index (χ1v) is 8.17. The van der Waals surface area contributed by atoms with Gasteiger partial charge in [-0.25, -0.2) is 4.99 Å². The number of aliphatic imine (C=N–C) groups is 1. The first kappa shape index (κ1) is 17.8. The summed E-state index contributed by atoms with van der Waals surface area (Å²) in [6.07, 6.45) is 0. The Hall–Kier alpha value is -2.53. The highest BCUT2D eigenvalue weighted by molar-refractivity contribution is 6.31. The minimum Gasteiger partial charge on any atom is -0.357 e.